The molecule has 2 N–H and O–H groups in total. The Morgan fingerprint density at radius 3 is 2.54 bits per heavy atom. The maximum absolute atomic E-state index is 11.0. The summed E-state index contributed by atoms with van der Waals surface area (Å²) in [6.07, 6.45) is 0.738. The van der Waals surface area contributed by atoms with Gasteiger partial charge in [-0.05, 0) is 30.2 Å². The van der Waals surface area contributed by atoms with Crippen LogP contribution < -0.4 is 5.14 Å². The molecule has 0 radical (unpaired) electrons. The number of aryl methyl sites for hydroxylation is 1. The second kappa shape index (κ2) is 3.69. The fraction of sp³-hybridized carbons (Fsp3) is 0.250. The van der Waals surface area contributed by atoms with Crippen LogP contribution in [-0.2, 0) is 16.4 Å². The van der Waals surface area contributed by atoms with Crippen molar-refractivity contribution in [3.05, 3.63) is 23.8 Å². The van der Waals surface area contributed by atoms with Gasteiger partial charge in [-0.25, -0.2) is 13.6 Å². The summed E-state index contributed by atoms with van der Waals surface area (Å²) in [5, 5.41) is 4.98. The highest BCUT2D eigenvalue weighted by Crippen LogP contribution is 2.18. The van der Waals surface area contributed by atoms with E-state index in [4.69, 9.17) is 5.14 Å². The molecule has 1 aromatic carbocycles. The van der Waals surface area contributed by atoms with Crippen LogP contribution in [0, 0.1) is 0 Å². The predicted octanol–water partition coefficient (Wildman–Crippen LogP) is 1.19. The Kier molecular flexibility index (Phi) is 3.00. The van der Waals surface area contributed by atoms with Crippen molar-refractivity contribution >= 4 is 22.7 Å². The number of hydrogen-bond donors (Lipinski definition) is 2. The molecule has 0 aliphatic carbocycles. The van der Waals surface area contributed by atoms with E-state index in [1.165, 1.54) is 6.07 Å². The zero-order valence-corrected chi connectivity index (χ0v) is 8.90. The fourth-order valence-electron chi connectivity index (χ4n) is 1.02. The van der Waals surface area contributed by atoms with Crippen LogP contribution in [0.4, 0.5) is 0 Å². The lowest BCUT2D eigenvalue weighted by Crippen LogP contribution is -2.12. The Labute approximate surface area is 83.4 Å². The maximum atomic E-state index is 11.0. The largest absolute Gasteiger partial charge is 0.238 e. The minimum absolute atomic E-state index is 0.141. The monoisotopic (exact) mass is 217 g/mol. The maximum Gasteiger partial charge on any atom is 0.238 e. The van der Waals surface area contributed by atoms with Crippen molar-refractivity contribution in [3.63, 3.8) is 0 Å². The number of benzene rings is 1. The lowest BCUT2D eigenvalue weighted by molar-refractivity contribution is 0.597. The molecular weight excluding hydrogens is 206 g/mol. The number of primary sulfonamides is 1. The average Bonchev–Trinajstić information content (AvgIpc) is 2.03. The Morgan fingerprint density at radius 1 is 1.46 bits per heavy atom. The van der Waals surface area contributed by atoms with Crippen molar-refractivity contribution in [2.24, 2.45) is 5.14 Å². The number of rotatable bonds is 2. The molecule has 0 amide bonds. The highest BCUT2D eigenvalue weighted by atomic mass is 32.2. The van der Waals surface area contributed by atoms with Gasteiger partial charge in [0.15, 0.2) is 0 Å². The van der Waals surface area contributed by atoms with Crippen molar-refractivity contribution in [2.75, 3.05) is 0 Å². The Hall–Kier alpha value is -0.520. The zero-order chi connectivity index (χ0) is 10.1. The first-order valence-electron chi connectivity index (χ1n) is 3.80. The molecule has 1 rings (SSSR count). The minimum atomic E-state index is -3.59. The molecule has 3 nitrogen and oxygen atoms in total. The number of thiol groups is 1. The predicted molar refractivity (Wildman–Crippen MR) is 54.4 cm³/mol. The first-order valence-corrected chi connectivity index (χ1v) is 5.79. The number of hydrogen-bond acceptors (Lipinski definition) is 3. The van der Waals surface area contributed by atoms with E-state index < -0.39 is 10.0 Å². The molecule has 0 bridgehead atoms. The summed E-state index contributed by atoms with van der Waals surface area (Å²) in [6.45, 7) is 1.93. The van der Waals surface area contributed by atoms with Crippen molar-refractivity contribution in [1.82, 2.24) is 0 Å². The van der Waals surface area contributed by atoms with E-state index in [0.717, 1.165) is 16.9 Å². The normalized spacial score (nSPS) is 11.6. The van der Waals surface area contributed by atoms with E-state index in [0.29, 0.717) is 0 Å². The molecule has 1 aromatic rings. The first-order chi connectivity index (χ1) is 5.95. The highest BCUT2D eigenvalue weighted by Gasteiger charge is 2.08. The average molecular weight is 217 g/mol. The number of nitrogens with two attached hydrogens (primary N) is 1. The molecule has 0 heterocycles. The van der Waals surface area contributed by atoms with Gasteiger partial charge in [0, 0.05) is 4.90 Å². The van der Waals surface area contributed by atoms with Crippen LogP contribution in [0.1, 0.15) is 12.5 Å². The van der Waals surface area contributed by atoms with Crippen molar-refractivity contribution in [2.45, 2.75) is 23.1 Å². The van der Waals surface area contributed by atoms with Gasteiger partial charge in [0.05, 0.1) is 4.90 Å². The summed E-state index contributed by atoms with van der Waals surface area (Å²) < 4.78 is 21.9. The topological polar surface area (TPSA) is 60.2 Å². The Morgan fingerprint density at radius 2 is 2.08 bits per heavy atom. The second-order valence-corrected chi connectivity index (χ2v) is 4.73. The van der Waals surface area contributed by atoms with Crippen LogP contribution in [0.2, 0.25) is 0 Å². The smallest absolute Gasteiger partial charge is 0.225 e. The van der Waals surface area contributed by atoms with E-state index in [1.54, 1.807) is 12.1 Å². The highest BCUT2D eigenvalue weighted by molar-refractivity contribution is 7.89. The number of sulfonamides is 1. The minimum Gasteiger partial charge on any atom is -0.225 e. The molecule has 0 saturated heterocycles. The second-order valence-electron chi connectivity index (χ2n) is 2.69. The van der Waals surface area contributed by atoms with Crippen LogP contribution in [0.3, 0.4) is 0 Å². The molecule has 0 unspecified atom stereocenters. The van der Waals surface area contributed by atoms with Crippen molar-refractivity contribution in [3.8, 4) is 0 Å². The Balaban J connectivity index is 3.30. The van der Waals surface area contributed by atoms with Crippen LogP contribution in [0.15, 0.2) is 28.0 Å². The van der Waals surface area contributed by atoms with Gasteiger partial charge in [0.25, 0.3) is 0 Å². The molecule has 0 spiro atoms. The van der Waals surface area contributed by atoms with Crippen LogP contribution in [0.25, 0.3) is 0 Å². The van der Waals surface area contributed by atoms with Gasteiger partial charge in [0.2, 0.25) is 10.0 Å². The molecule has 5 heteroatoms. The summed E-state index contributed by atoms with van der Waals surface area (Å²) in [5.41, 5.74) is 0.884. The first kappa shape index (κ1) is 10.6. The van der Waals surface area contributed by atoms with Gasteiger partial charge in [-0.2, -0.15) is 0 Å². The molecule has 0 saturated carbocycles. The van der Waals surface area contributed by atoms with E-state index in [9.17, 15) is 8.42 Å². The van der Waals surface area contributed by atoms with Gasteiger partial charge >= 0.3 is 0 Å². The van der Waals surface area contributed by atoms with Crippen molar-refractivity contribution < 1.29 is 8.42 Å². The van der Waals surface area contributed by atoms with Gasteiger partial charge < -0.3 is 0 Å². The third-order valence-corrected chi connectivity index (χ3v) is 3.11. The molecule has 0 aliphatic rings. The van der Waals surface area contributed by atoms with Gasteiger partial charge in [-0.1, -0.05) is 6.92 Å². The molecule has 72 valence electrons. The SMILES string of the molecule is CCc1cc(S(N)(=O)=O)ccc1S. The van der Waals surface area contributed by atoms with E-state index in [1.807, 2.05) is 6.92 Å². The summed E-state index contributed by atoms with van der Waals surface area (Å²) >= 11 is 4.19. The summed E-state index contributed by atoms with van der Waals surface area (Å²) in [7, 11) is -3.59. The molecular formula is C8H11NO2S2. The lowest BCUT2D eigenvalue weighted by Gasteiger charge is -2.04. The van der Waals surface area contributed by atoms with E-state index >= 15 is 0 Å². The molecule has 0 atom stereocenters. The Bertz CT molecular complexity index is 412. The molecule has 0 aliphatic heterocycles. The van der Waals surface area contributed by atoms with Crippen LogP contribution >= 0.6 is 12.6 Å². The molecule has 0 fully saturated rings. The summed E-state index contributed by atoms with van der Waals surface area (Å²) in [4.78, 5) is 0.928. The van der Waals surface area contributed by atoms with Crippen molar-refractivity contribution in [1.29, 1.82) is 0 Å². The quantitative estimate of drug-likeness (QED) is 0.731. The standard InChI is InChI=1S/C8H11NO2S2/c1-2-6-5-7(13(9,10)11)3-4-8(6)12/h3-5,12H,2H2,1H3,(H2,9,10,11). The third kappa shape index (κ3) is 2.46. The van der Waals surface area contributed by atoms with Gasteiger partial charge in [-0.3, -0.25) is 0 Å². The molecule has 0 aromatic heterocycles. The zero-order valence-electron chi connectivity index (χ0n) is 7.19. The molecule has 13 heavy (non-hydrogen) atoms. The van der Waals surface area contributed by atoms with Gasteiger partial charge in [0.1, 0.15) is 0 Å². The fourth-order valence-corrected chi connectivity index (χ4v) is 1.88. The van der Waals surface area contributed by atoms with Crippen LogP contribution in [-0.4, -0.2) is 8.42 Å². The van der Waals surface area contributed by atoms with E-state index in [-0.39, 0.29) is 4.90 Å². The lowest BCUT2D eigenvalue weighted by atomic mass is 10.2. The van der Waals surface area contributed by atoms with Gasteiger partial charge in [-0.15, -0.1) is 12.6 Å². The van der Waals surface area contributed by atoms with E-state index in [2.05, 4.69) is 12.6 Å². The van der Waals surface area contributed by atoms with Crippen LogP contribution in [0.5, 0.6) is 0 Å². The summed E-state index contributed by atoms with van der Waals surface area (Å²) in [6, 6.07) is 4.65. The summed E-state index contributed by atoms with van der Waals surface area (Å²) in [5.74, 6) is 0. The third-order valence-electron chi connectivity index (χ3n) is 1.76.